The lowest BCUT2D eigenvalue weighted by Gasteiger charge is -2.41. The number of para-hydroxylation sites is 1. The molecule has 2 unspecified atom stereocenters. The van der Waals surface area contributed by atoms with Crippen molar-refractivity contribution in [3.63, 3.8) is 0 Å². The van der Waals surface area contributed by atoms with Crippen LogP contribution in [-0.2, 0) is 6.42 Å². The van der Waals surface area contributed by atoms with Crippen LogP contribution < -0.4 is 4.74 Å². The summed E-state index contributed by atoms with van der Waals surface area (Å²) in [6.45, 7) is 4.85. The van der Waals surface area contributed by atoms with Gasteiger partial charge in [-0.3, -0.25) is 0 Å². The minimum absolute atomic E-state index is 0.453. The second-order valence-electron chi connectivity index (χ2n) is 6.37. The van der Waals surface area contributed by atoms with Crippen molar-refractivity contribution >= 4 is 15.9 Å². The second kappa shape index (κ2) is 6.30. The zero-order chi connectivity index (χ0) is 13.9. The van der Waals surface area contributed by atoms with Crippen molar-refractivity contribution in [2.24, 2.45) is 11.3 Å². The van der Waals surface area contributed by atoms with Crippen LogP contribution in [0.25, 0.3) is 0 Å². The number of rotatable bonds is 4. The van der Waals surface area contributed by atoms with Crippen LogP contribution in [0.5, 0.6) is 5.75 Å². The molecule has 0 aromatic heterocycles. The molecule has 1 aromatic rings. The van der Waals surface area contributed by atoms with Crippen LogP contribution >= 0.6 is 15.9 Å². The minimum atomic E-state index is 0.453. The van der Waals surface area contributed by atoms with E-state index in [4.69, 9.17) is 4.74 Å². The Morgan fingerprint density at radius 1 is 1.32 bits per heavy atom. The average molecular weight is 325 g/mol. The second-order valence-corrected chi connectivity index (χ2v) is 7.55. The number of ether oxygens (including phenoxy) is 1. The van der Waals surface area contributed by atoms with E-state index in [2.05, 4.69) is 48.0 Å². The molecule has 1 aliphatic rings. The van der Waals surface area contributed by atoms with Crippen LogP contribution in [0.4, 0.5) is 0 Å². The van der Waals surface area contributed by atoms with E-state index in [1.54, 1.807) is 7.11 Å². The third kappa shape index (κ3) is 3.53. The third-order valence-corrected chi connectivity index (χ3v) is 5.60. The molecule has 0 N–H and O–H groups in total. The van der Waals surface area contributed by atoms with Crippen LogP contribution in [0, 0.1) is 11.3 Å². The highest BCUT2D eigenvalue weighted by atomic mass is 79.9. The van der Waals surface area contributed by atoms with Gasteiger partial charge in [0, 0.05) is 4.83 Å². The number of hydrogen-bond donors (Lipinski definition) is 0. The first-order valence-electron chi connectivity index (χ1n) is 7.30. The predicted molar refractivity (Wildman–Crippen MR) is 85.2 cm³/mol. The van der Waals surface area contributed by atoms with E-state index in [1.165, 1.54) is 31.2 Å². The Morgan fingerprint density at radius 3 is 2.74 bits per heavy atom. The summed E-state index contributed by atoms with van der Waals surface area (Å²) in [5.41, 5.74) is 1.77. The molecule has 0 amide bonds. The van der Waals surface area contributed by atoms with Crippen molar-refractivity contribution in [1.29, 1.82) is 0 Å². The van der Waals surface area contributed by atoms with Crippen LogP contribution in [-0.4, -0.2) is 11.9 Å². The molecule has 2 atom stereocenters. The Balaban J connectivity index is 2.09. The van der Waals surface area contributed by atoms with Gasteiger partial charge in [0.15, 0.2) is 0 Å². The maximum Gasteiger partial charge on any atom is 0.122 e. The van der Waals surface area contributed by atoms with E-state index in [0.29, 0.717) is 10.2 Å². The van der Waals surface area contributed by atoms with Crippen molar-refractivity contribution in [3.8, 4) is 5.75 Å². The first kappa shape index (κ1) is 14.9. The maximum absolute atomic E-state index is 5.46. The molecule has 1 aliphatic carbocycles. The van der Waals surface area contributed by atoms with Gasteiger partial charge in [-0.2, -0.15) is 0 Å². The summed E-state index contributed by atoms with van der Waals surface area (Å²) in [5, 5.41) is 0. The lowest BCUT2D eigenvalue weighted by atomic mass is 9.67. The minimum Gasteiger partial charge on any atom is -0.496 e. The number of alkyl halides is 1. The summed E-state index contributed by atoms with van der Waals surface area (Å²) >= 11 is 3.96. The van der Waals surface area contributed by atoms with Crippen LogP contribution in [0.15, 0.2) is 24.3 Å². The molecule has 1 aromatic carbocycles. The summed E-state index contributed by atoms with van der Waals surface area (Å²) < 4.78 is 5.46. The van der Waals surface area contributed by atoms with E-state index in [9.17, 15) is 0 Å². The molecule has 0 heterocycles. The first-order chi connectivity index (χ1) is 9.04. The van der Waals surface area contributed by atoms with Gasteiger partial charge >= 0.3 is 0 Å². The quantitative estimate of drug-likeness (QED) is 0.690. The standard InChI is InChI=1S/C17H25BrO/c1-17(2)11-7-6-9-14(17)15(18)12-13-8-4-5-10-16(13)19-3/h4-5,8,10,14-15H,6-7,9,11-12H2,1-3H3. The van der Waals surface area contributed by atoms with Gasteiger partial charge in [-0.15, -0.1) is 0 Å². The zero-order valence-corrected chi connectivity index (χ0v) is 13.9. The molecule has 2 rings (SSSR count). The van der Waals surface area contributed by atoms with Crippen LogP contribution in [0.2, 0.25) is 0 Å². The highest BCUT2D eigenvalue weighted by Crippen LogP contribution is 2.45. The Morgan fingerprint density at radius 2 is 2.05 bits per heavy atom. The highest BCUT2D eigenvalue weighted by molar-refractivity contribution is 9.09. The molecule has 0 aliphatic heterocycles. The lowest BCUT2D eigenvalue weighted by molar-refractivity contribution is 0.136. The van der Waals surface area contributed by atoms with Gasteiger partial charge in [-0.25, -0.2) is 0 Å². The molecular formula is C17H25BrO. The van der Waals surface area contributed by atoms with Crippen molar-refractivity contribution in [3.05, 3.63) is 29.8 Å². The average Bonchev–Trinajstić information content (AvgIpc) is 2.38. The molecule has 0 spiro atoms. The SMILES string of the molecule is COc1ccccc1CC(Br)C1CCCCC1(C)C. The monoisotopic (exact) mass is 324 g/mol. The third-order valence-electron chi connectivity index (χ3n) is 4.63. The summed E-state index contributed by atoms with van der Waals surface area (Å²) in [7, 11) is 1.76. The normalized spacial score (nSPS) is 23.9. The fourth-order valence-corrected chi connectivity index (χ4v) is 4.74. The van der Waals surface area contributed by atoms with Crippen molar-refractivity contribution in [2.75, 3.05) is 7.11 Å². The molecule has 0 saturated heterocycles. The maximum atomic E-state index is 5.46. The largest absolute Gasteiger partial charge is 0.496 e. The van der Waals surface area contributed by atoms with Gasteiger partial charge in [0.1, 0.15) is 5.75 Å². The van der Waals surface area contributed by atoms with Crippen molar-refractivity contribution < 1.29 is 4.74 Å². The van der Waals surface area contributed by atoms with Gasteiger partial charge < -0.3 is 4.74 Å². The molecule has 106 valence electrons. The van der Waals surface area contributed by atoms with E-state index < -0.39 is 0 Å². The molecule has 19 heavy (non-hydrogen) atoms. The Labute approximate surface area is 125 Å². The summed E-state index contributed by atoms with van der Waals surface area (Å²) in [6, 6.07) is 8.38. The summed E-state index contributed by atoms with van der Waals surface area (Å²) in [5.74, 6) is 1.77. The van der Waals surface area contributed by atoms with Gasteiger partial charge in [0.05, 0.1) is 7.11 Å². The molecular weight excluding hydrogens is 300 g/mol. The molecule has 1 fully saturated rings. The van der Waals surface area contributed by atoms with E-state index in [-0.39, 0.29) is 0 Å². The van der Waals surface area contributed by atoms with Crippen molar-refractivity contribution in [1.82, 2.24) is 0 Å². The topological polar surface area (TPSA) is 9.23 Å². The summed E-state index contributed by atoms with van der Waals surface area (Å²) in [4.78, 5) is 0.541. The Bertz CT molecular complexity index is 413. The van der Waals surface area contributed by atoms with Gasteiger partial charge in [0.2, 0.25) is 0 Å². The predicted octanol–water partition coefficient (Wildman–Crippen LogP) is 5.22. The van der Waals surface area contributed by atoms with E-state index in [0.717, 1.165) is 18.1 Å². The fourth-order valence-electron chi connectivity index (χ4n) is 3.42. The highest BCUT2D eigenvalue weighted by Gasteiger charge is 2.36. The lowest BCUT2D eigenvalue weighted by Crippen LogP contribution is -2.35. The molecule has 0 radical (unpaired) electrons. The Kier molecular flexibility index (Phi) is 4.94. The van der Waals surface area contributed by atoms with E-state index >= 15 is 0 Å². The van der Waals surface area contributed by atoms with E-state index in [1.807, 2.05) is 6.07 Å². The molecule has 2 heteroatoms. The fraction of sp³-hybridized carbons (Fsp3) is 0.647. The number of benzene rings is 1. The first-order valence-corrected chi connectivity index (χ1v) is 8.22. The Hall–Kier alpha value is -0.500. The van der Waals surface area contributed by atoms with Gasteiger partial charge in [0.25, 0.3) is 0 Å². The zero-order valence-electron chi connectivity index (χ0n) is 12.3. The molecule has 1 saturated carbocycles. The van der Waals surface area contributed by atoms with Gasteiger partial charge in [-0.05, 0) is 42.2 Å². The molecule has 1 nitrogen and oxygen atoms in total. The van der Waals surface area contributed by atoms with Gasteiger partial charge in [-0.1, -0.05) is 60.8 Å². The van der Waals surface area contributed by atoms with Crippen LogP contribution in [0.1, 0.15) is 45.1 Å². The number of halogens is 1. The van der Waals surface area contributed by atoms with Crippen molar-refractivity contribution in [2.45, 2.75) is 50.8 Å². The smallest absolute Gasteiger partial charge is 0.122 e. The number of methoxy groups -OCH3 is 1. The molecule has 0 bridgehead atoms. The number of hydrogen-bond acceptors (Lipinski definition) is 1. The summed E-state index contributed by atoms with van der Waals surface area (Å²) in [6.07, 6.45) is 6.52. The van der Waals surface area contributed by atoms with Crippen LogP contribution in [0.3, 0.4) is 0 Å².